The van der Waals surface area contributed by atoms with Crippen LogP contribution in [0.5, 0.6) is 0 Å². The number of amides is 1. The van der Waals surface area contributed by atoms with E-state index in [0.29, 0.717) is 18.5 Å². The van der Waals surface area contributed by atoms with Crippen molar-refractivity contribution < 1.29 is 4.79 Å². The Kier molecular flexibility index (Phi) is 7.40. The van der Waals surface area contributed by atoms with E-state index >= 15 is 0 Å². The Hall–Kier alpha value is -2.47. The summed E-state index contributed by atoms with van der Waals surface area (Å²) in [5.74, 6) is 0.369. The van der Waals surface area contributed by atoms with Crippen LogP contribution < -0.4 is 10.6 Å². The van der Waals surface area contributed by atoms with E-state index in [2.05, 4.69) is 46.9 Å². The van der Waals surface area contributed by atoms with E-state index in [4.69, 9.17) is 5.73 Å². The van der Waals surface area contributed by atoms with Crippen LogP contribution in [-0.4, -0.2) is 45.9 Å². The van der Waals surface area contributed by atoms with Gasteiger partial charge in [0.25, 0.3) is 0 Å². The number of para-hydroxylation sites is 1. The van der Waals surface area contributed by atoms with Crippen LogP contribution in [0.3, 0.4) is 0 Å². The summed E-state index contributed by atoms with van der Waals surface area (Å²) in [6.45, 7) is 6.68. The van der Waals surface area contributed by atoms with Gasteiger partial charge in [0, 0.05) is 48.5 Å². The van der Waals surface area contributed by atoms with Crippen molar-refractivity contribution in [3.63, 3.8) is 0 Å². The van der Waals surface area contributed by atoms with Gasteiger partial charge in [0.05, 0.1) is 0 Å². The van der Waals surface area contributed by atoms with Gasteiger partial charge < -0.3 is 10.6 Å². The molecule has 2 aliphatic rings. The van der Waals surface area contributed by atoms with Crippen LogP contribution in [0.1, 0.15) is 63.6 Å². The average molecular weight is 436 g/mol. The molecule has 1 unspecified atom stereocenters. The number of unbranched alkanes of at least 4 members (excludes halogenated alkanes) is 2. The lowest BCUT2D eigenvalue weighted by Crippen LogP contribution is -2.44. The Labute approximate surface area is 192 Å². The molecule has 3 heterocycles. The molecule has 2 aliphatic heterocycles. The topological polar surface area (TPSA) is 75.3 Å². The number of rotatable bonds is 8. The van der Waals surface area contributed by atoms with Crippen molar-refractivity contribution in [2.75, 3.05) is 23.7 Å². The number of hydrogen-bond donors (Lipinski definition) is 1. The molecular weight excluding hydrogens is 398 g/mol. The molecule has 1 amide bonds. The maximum absolute atomic E-state index is 13.4. The molecule has 2 aromatic rings. The molecule has 1 fully saturated rings. The second-order valence-corrected chi connectivity index (χ2v) is 9.56. The number of carbonyl (C=O) groups excluding carboxylic acids is 1. The van der Waals surface area contributed by atoms with E-state index in [1.807, 2.05) is 17.0 Å². The summed E-state index contributed by atoms with van der Waals surface area (Å²) >= 11 is 0. The summed E-state index contributed by atoms with van der Waals surface area (Å²) in [7, 11) is 0. The van der Waals surface area contributed by atoms with Crippen molar-refractivity contribution in [1.82, 2.24) is 14.9 Å². The van der Waals surface area contributed by atoms with E-state index in [0.717, 1.165) is 37.2 Å². The van der Waals surface area contributed by atoms with Gasteiger partial charge >= 0.3 is 0 Å². The number of nitrogen functional groups attached to an aromatic ring is 1. The summed E-state index contributed by atoms with van der Waals surface area (Å²) in [5, 5.41) is 0. The fraction of sp³-hybridized carbons (Fsp3) is 0.577. The zero-order chi connectivity index (χ0) is 22.5. The second kappa shape index (κ2) is 10.4. The van der Waals surface area contributed by atoms with E-state index < -0.39 is 0 Å². The minimum atomic E-state index is -0.103. The second-order valence-electron chi connectivity index (χ2n) is 9.56. The van der Waals surface area contributed by atoms with Gasteiger partial charge in [-0.05, 0) is 70.2 Å². The zero-order valence-electron chi connectivity index (χ0n) is 19.5. The van der Waals surface area contributed by atoms with Gasteiger partial charge in [-0.1, -0.05) is 31.0 Å². The van der Waals surface area contributed by atoms with E-state index in [9.17, 15) is 4.79 Å². The predicted molar refractivity (Wildman–Crippen MR) is 129 cm³/mol. The van der Waals surface area contributed by atoms with Crippen LogP contribution >= 0.6 is 0 Å². The summed E-state index contributed by atoms with van der Waals surface area (Å²) in [5.41, 5.74) is 8.90. The van der Waals surface area contributed by atoms with Gasteiger partial charge in [-0.25, -0.2) is 9.97 Å². The Morgan fingerprint density at radius 2 is 1.78 bits per heavy atom. The molecule has 3 atom stereocenters. The minimum Gasteiger partial charge on any atom is -0.368 e. The van der Waals surface area contributed by atoms with E-state index in [1.54, 1.807) is 6.20 Å². The quantitative estimate of drug-likeness (QED) is 0.628. The van der Waals surface area contributed by atoms with Crippen molar-refractivity contribution in [2.45, 2.75) is 77.3 Å². The monoisotopic (exact) mass is 435 g/mol. The molecule has 0 radical (unpaired) electrons. The number of nitrogens with zero attached hydrogens (tertiary/aromatic N) is 4. The van der Waals surface area contributed by atoms with Crippen molar-refractivity contribution in [3.05, 3.63) is 47.8 Å². The Bertz CT molecular complexity index is 907. The fourth-order valence-corrected chi connectivity index (χ4v) is 5.46. The Morgan fingerprint density at radius 3 is 2.56 bits per heavy atom. The highest BCUT2D eigenvalue weighted by atomic mass is 16.2. The van der Waals surface area contributed by atoms with Crippen LogP contribution in [0.2, 0.25) is 0 Å². The number of aromatic nitrogens is 2. The number of benzene rings is 1. The third-order valence-corrected chi connectivity index (χ3v) is 7.23. The fourth-order valence-electron chi connectivity index (χ4n) is 5.46. The number of hydrogen-bond acceptors (Lipinski definition) is 5. The standard InChI is InChI=1S/C26H37N5O/c1-19-9-8-10-20(2)30(19)15-6-3-7-16-31-24-12-5-4-11-21(24)17-22(25(31)32)18-23-13-14-28-26(27)29-23/h4-5,11-14,19-20,22H,3,6-10,15-18H2,1-2H3,(H2,27,28,29)/t19-,20+,22?. The van der Waals surface area contributed by atoms with Gasteiger partial charge in [0.15, 0.2) is 0 Å². The van der Waals surface area contributed by atoms with Crippen LogP contribution in [0.4, 0.5) is 11.6 Å². The van der Waals surface area contributed by atoms with E-state index in [1.165, 1.54) is 37.8 Å². The van der Waals surface area contributed by atoms with Gasteiger partial charge in [-0.2, -0.15) is 0 Å². The lowest BCUT2D eigenvalue weighted by molar-refractivity contribution is -0.122. The first-order chi connectivity index (χ1) is 15.5. The average Bonchev–Trinajstić information content (AvgIpc) is 2.77. The molecule has 2 N–H and O–H groups in total. The number of anilines is 2. The minimum absolute atomic E-state index is 0.103. The lowest BCUT2D eigenvalue weighted by Gasteiger charge is -2.39. The van der Waals surface area contributed by atoms with Crippen LogP contribution in [-0.2, 0) is 17.6 Å². The molecule has 1 aromatic carbocycles. The summed E-state index contributed by atoms with van der Waals surface area (Å²) in [6, 6.07) is 11.6. The predicted octanol–water partition coefficient (Wildman–Crippen LogP) is 4.24. The zero-order valence-corrected chi connectivity index (χ0v) is 19.5. The van der Waals surface area contributed by atoms with Crippen LogP contribution in [0, 0.1) is 5.92 Å². The first-order valence-electron chi connectivity index (χ1n) is 12.3. The van der Waals surface area contributed by atoms with Crippen LogP contribution in [0.15, 0.2) is 36.5 Å². The lowest BCUT2D eigenvalue weighted by atomic mass is 9.88. The van der Waals surface area contributed by atoms with Crippen molar-refractivity contribution >= 4 is 17.5 Å². The molecule has 6 nitrogen and oxygen atoms in total. The first kappa shape index (κ1) is 22.7. The summed E-state index contributed by atoms with van der Waals surface area (Å²) in [6.07, 6.45) is 10.4. The third-order valence-electron chi connectivity index (χ3n) is 7.23. The van der Waals surface area contributed by atoms with Gasteiger partial charge in [0.1, 0.15) is 0 Å². The van der Waals surface area contributed by atoms with Gasteiger partial charge in [0.2, 0.25) is 11.9 Å². The molecular formula is C26H37N5O. The number of carbonyl (C=O) groups is 1. The summed E-state index contributed by atoms with van der Waals surface area (Å²) < 4.78 is 0. The molecule has 0 aliphatic carbocycles. The number of fused-ring (bicyclic) bond motifs is 1. The van der Waals surface area contributed by atoms with Crippen molar-refractivity contribution in [1.29, 1.82) is 0 Å². The molecule has 6 heteroatoms. The molecule has 4 rings (SSSR count). The van der Waals surface area contributed by atoms with Crippen LogP contribution in [0.25, 0.3) is 0 Å². The van der Waals surface area contributed by atoms with Crippen molar-refractivity contribution in [3.8, 4) is 0 Å². The third kappa shape index (κ3) is 5.29. The largest absolute Gasteiger partial charge is 0.368 e. The smallest absolute Gasteiger partial charge is 0.230 e. The van der Waals surface area contributed by atoms with E-state index in [-0.39, 0.29) is 17.8 Å². The SMILES string of the molecule is C[C@@H]1CCC[C@H](C)N1CCCCCN1C(=O)C(Cc2ccnc(N)n2)Cc2ccccc21. The molecule has 172 valence electrons. The summed E-state index contributed by atoms with van der Waals surface area (Å²) in [4.78, 5) is 26.4. The maximum atomic E-state index is 13.4. The molecule has 0 bridgehead atoms. The highest BCUT2D eigenvalue weighted by Gasteiger charge is 2.32. The molecule has 0 spiro atoms. The molecule has 0 saturated carbocycles. The number of likely N-dealkylation sites (tertiary alicyclic amines) is 1. The first-order valence-corrected chi connectivity index (χ1v) is 12.3. The van der Waals surface area contributed by atoms with Crippen molar-refractivity contribution in [2.24, 2.45) is 5.92 Å². The molecule has 1 aromatic heterocycles. The maximum Gasteiger partial charge on any atom is 0.230 e. The Balaban J connectivity index is 1.35. The van der Waals surface area contributed by atoms with Gasteiger partial charge in [-0.3, -0.25) is 9.69 Å². The van der Waals surface area contributed by atoms with Gasteiger partial charge in [-0.15, -0.1) is 0 Å². The molecule has 32 heavy (non-hydrogen) atoms. The molecule has 1 saturated heterocycles. The number of piperidine rings is 1. The highest BCUT2D eigenvalue weighted by molar-refractivity contribution is 5.98. The number of nitrogens with two attached hydrogens (primary N) is 1. The highest BCUT2D eigenvalue weighted by Crippen LogP contribution is 2.32. The normalized spacial score (nSPS) is 23.9. The Morgan fingerprint density at radius 1 is 1.03 bits per heavy atom.